The van der Waals surface area contributed by atoms with Gasteiger partial charge in [-0.2, -0.15) is 0 Å². The van der Waals surface area contributed by atoms with Crippen LogP contribution in [0.3, 0.4) is 0 Å². The smallest absolute Gasteiger partial charge is 0.259 e. The van der Waals surface area contributed by atoms with Gasteiger partial charge in [-0.3, -0.25) is 4.79 Å². The summed E-state index contributed by atoms with van der Waals surface area (Å²) in [5.74, 6) is 0.536. The Hall–Kier alpha value is -2.88. The molecule has 1 heterocycles. The van der Waals surface area contributed by atoms with Gasteiger partial charge in [0.05, 0.1) is 5.56 Å². The molecule has 4 heteroatoms. The molecule has 3 aromatic rings. The van der Waals surface area contributed by atoms with Crippen molar-refractivity contribution in [1.29, 1.82) is 0 Å². The number of carbonyl (C=O) groups is 1. The van der Waals surface area contributed by atoms with Crippen LogP contribution in [-0.2, 0) is 0 Å². The highest BCUT2D eigenvalue weighted by molar-refractivity contribution is 6.06. The normalized spacial score (nSPS) is 10.7. The molecule has 0 unspecified atom stereocenters. The average molecular weight is 323 g/mol. The van der Waals surface area contributed by atoms with Gasteiger partial charge >= 0.3 is 0 Å². The summed E-state index contributed by atoms with van der Waals surface area (Å²) < 4.78 is 18.7. The molecule has 0 atom stereocenters. The number of halogens is 1. The quantitative estimate of drug-likeness (QED) is 0.714. The van der Waals surface area contributed by atoms with Crippen LogP contribution in [-0.4, -0.2) is 5.91 Å². The van der Waals surface area contributed by atoms with E-state index in [1.165, 1.54) is 12.1 Å². The topological polar surface area (TPSA) is 42.2 Å². The van der Waals surface area contributed by atoms with Crippen LogP contribution in [0.2, 0.25) is 0 Å². The molecule has 0 aliphatic carbocycles. The van der Waals surface area contributed by atoms with E-state index in [-0.39, 0.29) is 11.7 Å². The number of carbonyl (C=O) groups excluding carboxylic acids is 1. The molecule has 0 aliphatic rings. The molecular weight excluding hydrogens is 305 g/mol. The maximum Gasteiger partial charge on any atom is 0.259 e. The van der Waals surface area contributed by atoms with Crippen molar-refractivity contribution < 1.29 is 13.6 Å². The van der Waals surface area contributed by atoms with E-state index in [2.05, 4.69) is 5.32 Å². The van der Waals surface area contributed by atoms with E-state index in [4.69, 9.17) is 4.42 Å². The zero-order chi connectivity index (χ0) is 17.3. The number of nitrogens with one attached hydrogen (secondary N) is 1. The number of rotatable bonds is 3. The second-order valence-electron chi connectivity index (χ2n) is 5.81. The van der Waals surface area contributed by atoms with E-state index in [0.29, 0.717) is 17.1 Å². The third-order valence-corrected chi connectivity index (χ3v) is 4.01. The predicted octanol–water partition coefficient (Wildman–Crippen LogP) is 5.26. The molecular formula is C20H18FNO2. The lowest BCUT2D eigenvalue weighted by molar-refractivity contribution is 0.102. The van der Waals surface area contributed by atoms with Crippen molar-refractivity contribution in [2.24, 2.45) is 0 Å². The minimum absolute atomic E-state index is 0.220. The summed E-state index contributed by atoms with van der Waals surface area (Å²) in [7, 11) is 0. The molecule has 3 rings (SSSR count). The highest BCUT2D eigenvalue weighted by atomic mass is 19.1. The van der Waals surface area contributed by atoms with Crippen molar-refractivity contribution in [2.75, 3.05) is 5.32 Å². The van der Waals surface area contributed by atoms with Crippen LogP contribution in [0.15, 0.2) is 52.9 Å². The predicted molar refractivity (Wildman–Crippen MR) is 92.7 cm³/mol. The van der Waals surface area contributed by atoms with Crippen LogP contribution >= 0.6 is 0 Å². The summed E-state index contributed by atoms with van der Waals surface area (Å²) in [6.45, 7) is 5.65. The van der Waals surface area contributed by atoms with Gasteiger partial charge in [-0.1, -0.05) is 18.2 Å². The molecule has 1 amide bonds. The number of furan rings is 1. The number of hydrogen-bond donors (Lipinski definition) is 1. The van der Waals surface area contributed by atoms with E-state index in [1.807, 2.05) is 32.0 Å². The Morgan fingerprint density at radius 3 is 2.25 bits per heavy atom. The molecule has 0 bridgehead atoms. The van der Waals surface area contributed by atoms with Crippen LogP contribution in [0.1, 0.15) is 27.2 Å². The van der Waals surface area contributed by atoms with Crippen LogP contribution in [0.5, 0.6) is 0 Å². The average Bonchev–Trinajstić information content (AvgIpc) is 2.93. The lowest BCUT2D eigenvalue weighted by Crippen LogP contribution is -2.14. The molecule has 24 heavy (non-hydrogen) atoms. The Bertz CT molecular complexity index is 874. The summed E-state index contributed by atoms with van der Waals surface area (Å²) >= 11 is 0. The van der Waals surface area contributed by atoms with Gasteiger partial charge in [-0.05, 0) is 62.2 Å². The highest BCUT2D eigenvalue weighted by Gasteiger charge is 2.17. The van der Waals surface area contributed by atoms with Crippen molar-refractivity contribution in [1.82, 2.24) is 0 Å². The van der Waals surface area contributed by atoms with Gasteiger partial charge in [0.2, 0.25) is 0 Å². The molecule has 0 aliphatic heterocycles. The van der Waals surface area contributed by atoms with Crippen molar-refractivity contribution in [2.45, 2.75) is 20.8 Å². The summed E-state index contributed by atoms with van der Waals surface area (Å²) in [4.78, 5) is 12.6. The van der Waals surface area contributed by atoms with E-state index in [1.54, 1.807) is 25.1 Å². The molecule has 0 radical (unpaired) electrons. The van der Waals surface area contributed by atoms with Gasteiger partial charge in [-0.15, -0.1) is 0 Å². The molecule has 1 N–H and O–H groups in total. The van der Waals surface area contributed by atoms with E-state index >= 15 is 0 Å². The molecule has 0 saturated heterocycles. The number of hydrogen-bond acceptors (Lipinski definition) is 2. The van der Waals surface area contributed by atoms with Gasteiger partial charge in [0, 0.05) is 11.3 Å². The minimum atomic E-state index is -0.310. The number of para-hydroxylation sites is 1. The molecule has 1 aromatic heterocycles. The lowest BCUT2D eigenvalue weighted by atomic mass is 10.1. The second-order valence-corrected chi connectivity index (χ2v) is 5.81. The van der Waals surface area contributed by atoms with E-state index in [0.717, 1.165) is 22.4 Å². The first-order valence-corrected chi connectivity index (χ1v) is 7.69. The second kappa shape index (κ2) is 6.32. The maximum absolute atomic E-state index is 13.0. The zero-order valence-corrected chi connectivity index (χ0v) is 13.8. The van der Waals surface area contributed by atoms with Gasteiger partial charge in [0.15, 0.2) is 0 Å². The molecule has 0 fully saturated rings. The van der Waals surface area contributed by atoms with Crippen molar-refractivity contribution >= 4 is 11.6 Å². The maximum atomic E-state index is 13.0. The summed E-state index contributed by atoms with van der Waals surface area (Å²) in [6, 6.07) is 13.5. The first kappa shape index (κ1) is 16.0. The fourth-order valence-electron chi connectivity index (χ4n) is 2.66. The Morgan fingerprint density at radius 1 is 1.00 bits per heavy atom. The highest BCUT2D eigenvalue weighted by Crippen LogP contribution is 2.27. The standard InChI is InChI=1S/C20H18FNO2/c1-12-5-4-6-13(2)19(12)22-20(23)17-11-18(24-14(17)3)15-7-9-16(21)10-8-15/h4-11H,1-3H3,(H,22,23). The largest absolute Gasteiger partial charge is 0.461 e. The van der Waals surface area contributed by atoms with Gasteiger partial charge in [0.25, 0.3) is 5.91 Å². The van der Waals surface area contributed by atoms with Crippen LogP contribution in [0.25, 0.3) is 11.3 Å². The number of benzene rings is 2. The molecule has 3 nitrogen and oxygen atoms in total. The lowest BCUT2D eigenvalue weighted by Gasteiger charge is -2.10. The number of aryl methyl sites for hydroxylation is 3. The summed E-state index contributed by atoms with van der Waals surface area (Å²) in [5.41, 5.74) is 4.01. The third kappa shape index (κ3) is 3.08. The first-order valence-electron chi connectivity index (χ1n) is 7.69. The fraction of sp³-hybridized carbons (Fsp3) is 0.150. The Kier molecular flexibility index (Phi) is 4.21. The van der Waals surface area contributed by atoms with Gasteiger partial charge in [-0.25, -0.2) is 4.39 Å². The molecule has 0 spiro atoms. The van der Waals surface area contributed by atoms with Gasteiger partial charge < -0.3 is 9.73 Å². The van der Waals surface area contributed by atoms with Crippen LogP contribution in [0, 0.1) is 26.6 Å². The molecule has 122 valence electrons. The van der Waals surface area contributed by atoms with Crippen molar-refractivity contribution in [3.05, 3.63) is 76.8 Å². The van der Waals surface area contributed by atoms with Crippen molar-refractivity contribution in [3.63, 3.8) is 0 Å². The Morgan fingerprint density at radius 2 is 1.62 bits per heavy atom. The first-order chi connectivity index (χ1) is 11.5. The van der Waals surface area contributed by atoms with Crippen molar-refractivity contribution in [3.8, 4) is 11.3 Å². The molecule has 2 aromatic carbocycles. The Labute approximate surface area is 140 Å². The summed E-state index contributed by atoms with van der Waals surface area (Å²) in [6.07, 6.45) is 0. The SMILES string of the molecule is Cc1cccc(C)c1NC(=O)c1cc(-c2ccc(F)cc2)oc1C. The third-order valence-electron chi connectivity index (χ3n) is 4.01. The molecule has 0 saturated carbocycles. The minimum Gasteiger partial charge on any atom is -0.461 e. The number of amides is 1. The number of anilines is 1. The fourth-order valence-corrected chi connectivity index (χ4v) is 2.66. The zero-order valence-electron chi connectivity index (χ0n) is 13.8. The van der Waals surface area contributed by atoms with Gasteiger partial charge in [0.1, 0.15) is 17.3 Å². The van der Waals surface area contributed by atoms with E-state index in [9.17, 15) is 9.18 Å². The Balaban J connectivity index is 1.90. The van der Waals surface area contributed by atoms with Crippen LogP contribution < -0.4 is 5.32 Å². The van der Waals surface area contributed by atoms with Crippen LogP contribution in [0.4, 0.5) is 10.1 Å². The monoisotopic (exact) mass is 323 g/mol. The van der Waals surface area contributed by atoms with E-state index < -0.39 is 0 Å². The summed E-state index contributed by atoms with van der Waals surface area (Å²) in [5, 5.41) is 2.95.